The standard InChI is InChI=1S/C32H29F2N3O6/c1-5-43-17-19-13-26(40-2)28(27(14-19)41-3)22-9-8-20(21-7-6-10-36-30(21)22)15-25(32(39)42-4)37-31(38)29-23(33)11-18(16-35)12-24(29)34/h6-14,25H,5,15,17H2,1-4H3,(H,37,38)/t25-/m0/s1. The maximum atomic E-state index is 14.5. The fourth-order valence-corrected chi connectivity index (χ4v) is 4.79. The molecule has 0 radical (unpaired) electrons. The average Bonchev–Trinajstić information content (AvgIpc) is 3.02. The van der Waals surface area contributed by atoms with Crippen LogP contribution in [0.15, 0.2) is 54.7 Å². The lowest BCUT2D eigenvalue weighted by atomic mass is 9.93. The normalized spacial score (nSPS) is 11.5. The zero-order valence-electron chi connectivity index (χ0n) is 24.0. The second kappa shape index (κ2) is 13.7. The van der Waals surface area contributed by atoms with Crippen molar-refractivity contribution in [1.29, 1.82) is 5.26 Å². The number of carbonyl (C=O) groups excluding carboxylic acids is 2. The molecule has 9 nitrogen and oxygen atoms in total. The van der Waals surface area contributed by atoms with Crippen molar-refractivity contribution < 1.29 is 37.3 Å². The van der Waals surface area contributed by atoms with Crippen LogP contribution in [-0.2, 0) is 27.3 Å². The van der Waals surface area contributed by atoms with Crippen LogP contribution in [0, 0.1) is 23.0 Å². The zero-order chi connectivity index (χ0) is 31.1. The number of halogens is 2. The summed E-state index contributed by atoms with van der Waals surface area (Å²) >= 11 is 0. The van der Waals surface area contributed by atoms with E-state index in [1.165, 1.54) is 0 Å². The predicted octanol–water partition coefficient (Wildman–Crippen LogP) is 5.12. The van der Waals surface area contributed by atoms with E-state index in [9.17, 15) is 18.4 Å². The molecular formula is C32H29F2N3O6. The SMILES string of the molecule is CCOCc1cc(OC)c(-c2ccc(C[C@H](NC(=O)c3c(F)cc(C#N)cc3F)C(=O)OC)c3cccnc23)c(OC)c1. The lowest BCUT2D eigenvalue weighted by Gasteiger charge is -2.20. The number of hydrogen-bond donors (Lipinski definition) is 1. The van der Waals surface area contributed by atoms with Crippen LogP contribution in [0.25, 0.3) is 22.0 Å². The van der Waals surface area contributed by atoms with Gasteiger partial charge in [-0.1, -0.05) is 18.2 Å². The fourth-order valence-electron chi connectivity index (χ4n) is 4.79. The third-order valence-corrected chi connectivity index (χ3v) is 6.78. The molecule has 1 atom stereocenters. The third-order valence-electron chi connectivity index (χ3n) is 6.78. The van der Waals surface area contributed by atoms with Crippen LogP contribution in [0.5, 0.6) is 11.5 Å². The molecular weight excluding hydrogens is 560 g/mol. The Morgan fingerprint density at radius 3 is 2.28 bits per heavy atom. The number of nitrogens with zero attached hydrogens (tertiary/aromatic N) is 2. The van der Waals surface area contributed by atoms with Gasteiger partial charge in [-0.05, 0) is 48.4 Å². The Kier molecular flexibility index (Phi) is 9.85. The van der Waals surface area contributed by atoms with Crippen molar-refractivity contribution in [2.24, 2.45) is 0 Å². The van der Waals surface area contributed by atoms with Gasteiger partial charge >= 0.3 is 5.97 Å². The number of hydrogen-bond acceptors (Lipinski definition) is 8. The highest BCUT2D eigenvalue weighted by molar-refractivity contribution is 6.00. The number of nitrogens with one attached hydrogen (secondary N) is 1. The maximum absolute atomic E-state index is 14.5. The Balaban J connectivity index is 1.75. The van der Waals surface area contributed by atoms with Gasteiger partial charge in [0.05, 0.1) is 50.6 Å². The van der Waals surface area contributed by atoms with Crippen LogP contribution in [0.1, 0.15) is 34.0 Å². The van der Waals surface area contributed by atoms with Crippen LogP contribution in [0.3, 0.4) is 0 Å². The van der Waals surface area contributed by atoms with E-state index >= 15 is 0 Å². The number of rotatable bonds is 11. The predicted molar refractivity (Wildman–Crippen MR) is 154 cm³/mol. The summed E-state index contributed by atoms with van der Waals surface area (Å²) in [4.78, 5) is 30.2. The van der Waals surface area contributed by atoms with Gasteiger partial charge in [-0.3, -0.25) is 9.78 Å². The van der Waals surface area contributed by atoms with Gasteiger partial charge < -0.3 is 24.3 Å². The molecule has 0 spiro atoms. The van der Waals surface area contributed by atoms with Crippen molar-refractivity contribution in [1.82, 2.24) is 10.3 Å². The van der Waals surface area contributed by atoms with E-state index in [1.54, 1.807) is 50.8 Å². The first-order chi connectivity index (χ1) is 20.8. The second-order valence-corrected chi connectivity index (χ2v) is 9.36. The third kappa shape index (κ3) is 6.55. The molecule has 0 aliphatic carbocycles. The Hall–Kier alpha value is -5.08. The highest BCUT2D eigenvalue weighted by Crippen LogP contribution is 2.43. The summed E-state index contributed by atoms with van der Waals surface area (Å²) in [5.41, 5.74) is 2.18. The topological polar surface area (TPSA) is 120 Å². The summed E-state index contributed by atoms with van der Waals surface area (Å²) in [6.07, 6.45) is 1.54. The summed E-state index contributed by atoms with van der Waals surface area (Å²) in [5, 5.41) is 12.0. The van der Waals surface area contributed by atoms with E-state index in [-0.39, 0.29) is 12.0 Å². The number of aromatic nitrogens is 1. The minimum atomic E-state index is -1.30. The molecule has 4 aromatic rings. The van der Waals surface area contributed by atoms with Gasteiger partial charge in [0.15, 0.2) is 0 Å². The van der Waals surface area contributed by atoms with Gasteiger partial charge in [0.2, 0.25) is 0 Å². The minimum absolute atomic E-state index is 0.0814. The largest absolute Gasteiger partial charge is 0.496 e. The lowest BCUT2D eigenvalue weighted by molar-refractivity contribution is -0.142. The van der Waals surface area contributed by atoms with E-state index in [0.717, 1.165) is 24.8 Å². The summed E-state index contributed by atoms with van der Waals surface area (Å²) < 4.78 is 50.9. The molecule has 1 aromatic heterocycles. The molecule has 0 aliphatic rings. The average molecular weight is 590 g/mol. The molecule has 0 bridgehead atoms. The smallest absolute Gasteiger partial charge is 0.328 e. The molecule has 3 aromatic carbocycles. The molecule has 1 amide bonds. The van der Waals surface area contributed by atoms with Crippen LogP contribution in [0.2, 0.25) is 0 Å². The summed E-state index contributed by atoms with van der Waals surface area (Å²) in [6.45, 7) is 2.83. The van der Waals surface area contributed by atoms with Gasteiger partial charge in [0.1, 0.15) is 34.7 Å². The molecule has 43 heavy (non-hydrogen) atoms. The first-order valence-corrected chi connectivity index (χ1v) is 13.2. The van der Waals surface area contributed by atoms with Gasteiger partial charge in [-0.25, -0.2) is 13.6 Å². The van der Waals surface area contributed by atoms with Crippen molar-refractivity contribution in [2.75, 3.05) is 27.9 Å². The zero-order valence-corrected chi connectivity index (χ0v) is 24.0. The Bertz CT molecular complexity index is 1670. The Morgan fingerprint density at radius 1 is 1.02 bits per heavy atom. The number of amides is 1. The van der Waals surface area contributed by atoms with Gasteiger partial charge in [0.25, 0.3) is 5.91 Å². The second-order valence-electron chi connectivity index (χ2n) is 9.36. The molecule has 1 heterocycles. The van der Waals surface area contributed by atoms with Gasteiger partial charge in [-0.2, -0.15) is 5.26 Å². The quantitative estimate of drug-likeness (QED) is 0.240. The van der Waals surface area contributed by atoms with Crippen molar-refractivity contribution in [3.05, 3.63) is 88.6 Å². The highest BCUT2D eigenvalue weighted by Gasteiger charge is 2.28. The molecule has 4 rings (SSSR count). The Morgan fingerprint density at radius 2 is 1.70 bits per heavy atom. The monoisotopic (exact) mass is 589 g/mol. The first-order valence-electron chi connectivity index (χ1n) is 13.2. The number of carbonyl (C=O) groups is 2. The van der Waals surface area contributed by atoms with Crippen molar-refractivity contribution in [3.8, 4) is 28.7 Å². The fraction of sp³-hybridized carbons (Fsp3) is 0.250. The number of fused-ring (bicyclic) bond motifs is 1. The van der Waals surface area contributed by atoms with E-state index in [1.807, 2.05) is 19.1 Å². The number of methoxy groups -OCH3 is 3. The van der Waals surface area contributed by atoms with E-state index < -0.39 is 35.1 Å². The minimum Gasteiger partial charge on any atom is -0.496 e. The Labute approximate surface area is 247 Å². The summed E-state index contributed by atoms with van der Waals surface area (Å²) in [6, 6.07) is 12.6. The molecule has 0 saturated heterocycles. The number of benzene rings is 3. The highest BCUT2D eigenvalue weighted by atomic mass is 19.1. The van der Waals surface area contributed by atoms with E-state index in [0.29, 0.717) is 52.3 Å². The first kappa shape index (κ1) is 30.9. The van der Waals surface area contributed by atoms with Crippen LogP contribution >= 0.6 is 0 Å². The van der Waals surface area contributed by atoms with E-state index in [4.69, 9.17) is 24.2 Å². The van der Waals surface area contributed by atoms with Crippen LogP contribution in [-0.4, -0.2) is 50.8 Å². The molecule has 0 fully saturated rings. The maximum Gasteiger partial charge on any atom is 0.328 e. The molecule has 11 heteroatoms. The van der Waals surface area contributed by atoms with Crippen molar-refractivity contribution >= 4 is 22.8 Å². The number of pyridine rings is 1. The molecule has 222 valence electrons. The number of nitriles is 1. The lowest BCUT2D eigenvalue weighted by Crippen LogP contribution is -2.43. The molecule has 0 unspecified atom stereocenters. The summed E-state index contributed by atoms with van der Waals surface area (Å²) in [5.74, 6) is -3.37. The van der Waals surface area contributed by atoms with Gasteiger partial charge in [0, 0.05) is 30.2 Å². The van der Waals surface area contributed by atoms with Crippen molar-refractivity contribution in [2.45, 2.75) is 26.0 Å². The molecule has 1 N–H and O–H groups in total. The van der Waals surface area contributed by atoms with E-state index in [2.05, 4.69) is 10.3 Å². The number of ether oxygens (including phenoxy) is 4. The summed E-state index contributed by atoms with van der Waals surface area (Å²) in [7, 11) is 4.24. The van der Waals surface area contributed by atoms with Crippen molar-refractivity contribution in [3.63, 3.8) is 0 Å². The molecule has 0 aliphatic heterocycles. The molecule has 0 saturated carbocycles. The van der Waals surface area contributed by atoms with Crippen LogP contribution in [0.4, 0.5) is 8.78 Å². The van der Waals surface area contributed by atoms with Gasteiger partial charge in [-0.15, -0.1) is 0 Å². The van der Waals surface area contributed by atoms with Crippen LogP contribution < -0.4 is 14.8 Å². The number of esters is 1.